The predicted molar refractivity (Wildman–Crippen MR) is 136 cm³/mol. The fourth-order valence-electron chi connectivity index (χ4n) is 4.42. The zero-order valence-electron chi connectivity index (χ0n) is 20.0. The van der Waals surface area contributed by atoms with E-state index in [9.17, 15) is 4.79 Å². The van der Waals surface area contributed by atoms with Crippen LogP contribution in [0.25, 0.3) is 16.7 Å². The molecule has 180 valence electrons. The molecule has 0 spiro atoms. The smallest absolute Gasteiger partial charge is 0.255 e. The molecule has 0 unspecified atom stereocenters. The van der Waals surface area contributed by atoms with Gasteiger partial charge in [-0.25, -0.2) is 14.6 Å². The van der Waals surface area contributed by atoms with Crippen LogP contribution in [0.1, 0.15) is 27.4 Å². The number of nitrogens with zero attached hydrogens (tertiary/aromatic N) is 6. The van der Waals surface area contributed by atoms with Crippen molar-refractivity contribution in [2.24, 2.45) is 0 Å². The molecule has 1 aliphatic rings. The molecule has 8 nitrogen and oxygen atoms in total. The van der Waals surface area contributed by atoms with E-state index in [2.05, 4.69) is 24.0 Å². The minimum absolute atomic E-state index is 0.0495. The van der Waals surface area contributed by atoms with Crippen molar-refractivity contribution in [2.75, 3.05) is 38.2 Å². The number of amides is 1. The van der Waals surface area contributed by atoms with Crippen molar-refractivity contribution in [2.45, 2.75) is 20.5 Å². The number of piperazine rings is 1. The summed E-state index contributed by atoms with van der Waals surface area (Å²) in [6.07, 6.45) is 0. The normalized spacial score (nSPS) is 14.1. The Hall–Kier alpha value is -3.49. The van der Waals surface area contributed by atoms with Gasteiger partial charge in [0.1, 0.15) is 12.4 Å². The van der Waals surface area contributed by atoms with Crippen molar-refractivity contribution in [3.63, 3.8) is 0 Å². The number of hydrogen-bond acceptors (Lipinski definition) is 6. The molecule has 1 fully saturated rings. The fourth-order valence-corrected chi connectivity index (χ4v) is 4.64. The van der Waals surface area contributed by atoms with Crippen molar-refractivity contribution >= 4 is 34.4 Å². The molecule has 3 heterocycles. The van der Waals surface area contributed by atoms with E-state index in [4.69, 9.17) is 31.4 Å². The van der Waals surface area contributed by atoms with Crippen LogP contribution in [0.3, 0.4) is 0 Å². The molecule has 9 heteroatoms. The molecule has 0 N–H and O–H groups in total. The summed E-state index contributed by atoms with van der Waals surface area (Å²) in [6.45, 7) is 6.76. The van der Waals surface area contributed by atoms with Crippen molar-refractivity contribution in [1.82, 2.24) is 24.6 Å². The van der Waals surface area contributed by atoms with Gasteiger partial charge in [0.05, 0.1) is 27.4 Å². The van der Waals surface area contributed by atoms with Crippen LogP contribution < -0.4 is 4.90 Å². The summed E-state index contributed by atoms with van der Waals surface area (Å²) in [5.41, 5.74) is 4.26. The topological polar surface area (TPSA) is 76.4 Å². The molecule has 1 saturated heterocycles. The molecule has 0 atom stereocenters. The molecule has 0 radical (unpaired) electrons. The maximum Gasteiger partial charge on any atom is 0.255 e. The predicted octanol–water partition coefficient (Wildman–Crippen LogP) is 4.19. The summed E-state index contributed by atoms with van der Waals surface area (Å²) in [6, 6.07) is 15.4. The molecule has 0 bridgehead atoms. The number of ether oxygens (including phenoxy) is 1. The quantitative estimate of drug-likeness (QED) is 0.417. The van der Waals surface area contributed by atoms with Crippen LogP contribution in [-0.4, -0.2) is 63.8 Å². The average molecular weight is 491 g/mol. The first-order chi connectivity index (χ1) is 17.0. The van der Waals surface area contributed by atoms with E-state index in [1.807, 2.05) is 40.8 Å². The van der Waals surface area contributed by atoms with Gasteiger partial charge in [-0.15, -0.1) is 0 Å². The van der Waals surface area contributed by atoms with E-state index in [1.54, 1.807) is 19.2 Å². The Labute approximate surface area is 209 Å². The Morgan fingerprint density at radius 1 is 1.00 bits per heavy atom. The Morgan fingerprint density at radius 2 is 1.71 bits per heavy atom. The first kappa shape index (κ1) is 23.3. The number of carbonyl (C=O) groups is 1. The third-order valence-corrected chi connectivity index (χ3v) is 6.58. The molecule has 35 heavy (non-hydrogen) atoms. The number of fused-ring (bicyclic) bond motifs is 1. The van der Waals surface area contributed by atoms with Crippen LogP contribution in [0.15, 0.2) is 48.5 Å². The van der Waals surface area contributed by atoms with E-state index in [-0.39, 0.29) is 5.91 Å². The second-order valence-electron chi connectivity index (χ2n) is 8.69. The van der Waals surface area contributed by atoms with Crippen LogP contribution in [0.4, 0.5) is 5.82 Å². The maximum absolute atomic E-state index is 13.0. The summed E-state index contributed by atoms with van der Waals surface area (Å²) in [5, 5.41) is 6.19. The third kappa shape index (κ3) is 4.47. The zero-order valence-corrected chi connectivity index (χ0v) is 20.8. The summed E-state index contributed by atoms with van der Waals surface area (Å²) in [4.78, 5) is 26.7. The number of halogens is 1. The van der Waals surface area contributed by atoms with Gasteiger partial charge in [0.2, 0.25) is 0 Å². The first-order valence-electron chi connectivity index (χ1n) is 11.6. The Morgan fingerprint density at radius 3 is 2.40 bits per heavy atom. The SMILES string of the molecule is COCc1nc(N2CCN(C(=O)c3ccccc3Cl)CC2)c2c(C)nn(-c3ccc(C)cc3)c2n1. The molecule has 2 aromatic heterocycles. The van der Waals surface area contributed by atoms with E-state index in [1.165, 1.54) is 5.56 Å². The summed E-state index contributed by atoms with van der Waals surface area (Å²) in [5.74, 6) is 1.37. The number of methoxy groups -OCH3 is 1. The third-order valence-electron chi connectivity index (χ3n) is 6.25. The standard InChI is InChI=1S/C26H27ClN6O2/c1-17-8-10-19(11-9-17)33-25-23(18(2)30-33)24(28-22(29-25)16-35-3)31-12-14-32(15-13-31)26(34)20-6-4-5-7-21(20)27/h4-11H,12-16H2,1-3H3. The van der Waals surface area contributed by atoms with E-state index in [0.717, 1.165) is 28.2 Å². The van der Waals surface area contributed by atoms with Crippen molar-refractivity contribution in [3.8, 4) is 5.69 Å². The van der Waals surface area contributed by atoms with Gasteiger partial charge in [-0.2, -0.15) is 5.10 Å². The lowest BCUT2D eigenvalue weighted by atomic mass is 10.1. The van der Waals surface area contributed by atoms with Gasteiger partial charge in [0.15, 0.2) is 11.5 Å². The number of aromatic nitrogens is 4. The number of aryl methyl sites for hydroxylation is 2. The second-order valence-corrected chi connectivity index (χ2v) is 9.09. The largest absolute Gasteiger partial charge is 0.377 e. The summed E-state index contributed by atoms with van der Waals surface area (Å²) >= 11 is 6.26. The highest BCUT2D eigenvalue weighted by Gasteiger charge is 2.27. The van der Waals surface area contributed by atoms with Crippen LogP contribution in [0.2, 0.25) is 5.02 Å². The average Bonchev–Trinajstić information content (AvgIpc) is 3.20. The van der Waals surface area contributed by atoms with E-state index < -0.39 is 0 Å². The lowest BCUT2D eigenvalue weighted by Crippen LogP contribution is -2.49. The molecule has 4 aromatic rings. The van der Waals surface area contributed by atoms with Gasteiger partial charge >= 0.3 is 0 Å². The number of anilines is 1. The molecule has 0 saturated carbocycles. The maximum atomic E-state index is 13.0. The highest BCUT2D eigenvalue weighted by Crippen LogP contribution is 2.30. The number of carbonyl (C=O) groups excluding carboxylic acids is 1. The van der Waals surface area contributed by atoms with Gasteiger partial charge < -0.3 is 14.5 Å². The van der Waals surface area contributed by atoms with Crippen LogP contribution in [-0.2, 0) is 11.3 Å². The number of hydrogen-bond donors (Lipinski definition) is 0. The minimum atomic E-state index is -0.0495. The van der Waals surface area contributed by atoms with Crippen molar-refractivity contribution in [1.29, 1.82) is 0 Å². The minimum Gasteiger partial charge on any atom is -0.377 e. The monoisotopic (exact) mass is 490 g/mol. The molecular weight excluding hydrogens is 464 g/mol. The lowest BCUT2D eigenvalue weighted by molar-refractivity contribution is 0.0746. The number of rotatable bonds is 5. The van der Waals surface area contributed by atoms with Gasteiger partial charge in [0.25, 0.3) is 5.91 Å². The molecule has 0 aliphatic carbocycles. The van der Waals surface area contributed by atoms with Crippen LogP contribution >= 0.6 is 11.6 Å². The van der Waals surface area contributed by atoms with Crippen LogP contribution in [0.5, 0.6) is 0 Å². The second kappa shape index (κ2) is 9.64. The van der Waals surface area contributed by atoms with Gasteiger partial charge in [-0.05, 0) is 38.1 Å². The molecule has 1 aliphatic heterocycles. The molecular formula is C26H27ClN6O2. The molecule has 1 amide bonds. The van der Waals surface area contributed by atoms with Crippen molar-refractivity contribution in [3.05, 3.63) is 76.2 Å². The van der Waals surface area contributed by atoms with E-state index >= 15 is 0 Å². The zero-order chi connectivity index (χ0) is 24.5. The van der Waals surface area contributed by atoms with Crippen LogP contribution in [0, 0.1) is 13.8 Å². The van der Waals surface area contributed by atoms with Gasteiger partial charge in [-0.1, -0.05) is 41.4 Å². The fraction of sp³-hybridized carbons (Fsp3) is 0.308. The molecule has 5 rings (SSSR count). The highest BCUT2D eigenvalue weighted by molar-refractivity contribution is 6.33. The Kier molecular flexibility index (Phi) is 6.40. The van der Waals surface area contributed by atoms with E-state index in [0.29, 0.717) is 49.2 Å². The first-order valence-corrected chi connectivity index (χ1v) is 11.9. The summed E-state index contributed by atoms with van der Waals surface area (Å²) < 4.78 is 7.22. The summed E-state index contributed by atoms with van der Waals surface area (Å²) in [7, 11) is 1.63. The highest BCUT2D eigenvalue weighted by atomic mass is 35.5. The Bertz CT molecular complexity index is 1380. The van der Waals surface area contributed by atoms with Gasteiger partial charge in [-0.3, -0.25) is 4.79 Å². The van der Waals surface area contributed by atoms with Gasteiger partial charge in [0, 0.05) is 33.3 Å². The van der Waals surface area contributed by atoms with Crippen molar-refractivity contribution < 1.29 is 9.53 Å². The Balaban J connectivity index is 1.48. The lowest BCUT2D eigenvalue weighted by Gasteiger charge is -2.36. The number of benzene rings is 2. The molecule has 2 aromatic carbocycles.